The zero-order chi connectivity index (χ0) is 13.5. The number of nitrogens with one attached hydrogen (secondary N) is 2. The monoisotopic (exact) mass is 265 g/mol. The van der Waals surface area contributed by atoms with Crippen LogP contribution in [0.4, 0.5) is 0 Å². The van der Waals surface area contributed by atoms with Gasteiger partial charge in [0, 0.05) is 44.0 Å². The first kappa shape index (κ1) is 14.0. The minimum atomic E-state index is 0.0505. The highest BCUT2D eigenvalue weighted by Crippen LogP contribution is 2.18. The molecule has 6 heteroatoms. The molecule has 1 saturated heterocycles. The van der Waals surface area contributed by atoms with Crippen molar-refractivity contribution in [2.24, 2.45) is 5.73 Å². The second kappa shape index (κ2) is 7.25. The number of nitrogens with two attached hydrogens (primary N) is 1. The number of carbonyl (C=O) groups is 1. The molecule has 1 aromatic rings. The number of H-pyrrole nitrogens is 1. The largest absolute Gasteiger partial charge is 0.354 e. The molecule has 4 N–H and O–H groups in total. The zero-order valence-corrected chi connectivity index (χ0v) is 11.3. The number of aromatic nitrogens is 2. The lowest BCUT2D eigenvalue weighted by Gasteiger charge is -2.35. The third kappa shape index (κ3) is 4.33. The van der Waals surface area contributed by atoms with Crippen molar-refractivity contribution in [2.75, 3.05) is 19.6 Å². The van der Waals surface area contributed by atoms with Gasteiger partial charge in [-0.2, -0.15) is 5.10 Å². The third-order valence-corrected chi connectivity index (χ3v) is 3.59. The van der Waals surface area contributed by atoms with E-state index in [1.807, 2.05) is 6.07 Å². The van der Waals surface area contributed by atoms with Gasteiger partial charge in [-0.1, -0.05) is 6.42 Å². The normalized spacial score (nSPS) is 20.4. The summed E-state index contributed by atoms with van der Waals surface area (Å²) in [5.41, 5.74) is 6.50. The molecule has 1 fully saturated rings. The van der Waals surface area contributed by atoms with Crippen LogP contribution in [0.25, 0.3) is 0 Å². The van der Waals surface area contributed by atoms with Crippen molar-refractivity contribution in [1.82, 2.24) is 20.4 Å². The predicted molar refractivity (Wildman–Crippen MR) is 73.3 cm³/mol. The number of hydrogen-bond donors (Lipinski definition) is 3. The minimum Gasteiger partial charge on any atom is -0.354 e. The van der Waals surface area contributed by atoms with Crippen LogP contribution in [0, 0.1) is 0 Å². The molecule has 2 heterocycles. The lowest BCUT2D eigenvalue weighted by molar-refractivity contribution is -0.121. The number of carbonyl (C=O) groups excluding carboxylic acids is 1. The van der Waals surface area contributed by atoms with Crippen LogP contribution >= 0.6 is 0 Å². The molecule has 0 radical (unpaired) electrons. The first-order valence-corrected chi connectivity index (χ1v) is 6.98. The second-order valence-electron chi connectivity index (χ2n) is 5.04. The highest BCUT2D eigenvalue weighted by molar-refractivity contribution is 5.76. The van der Waals surface area contributed by atoms with Crippen LogP contribution in [0.15, 0.2) is 12.3 Å². The number of aromatic amines is 1. The SMILES string of the molecule is NCCC(=O)NC[C@H]1CCCCN1Cc1ccn[nH]1. The first-order chi connectivity index (χ1) is 9.29. The number of amides is 1. The van der Waals surface area contributed by atoms with Gasteiger partial charge in [0.25, 0.3) is 0 Å². The van der Waals surface area contributed by atoms with Crippen molar-refractivity contribution < 1.29 is 4.79 Å². The van der Waals surface area contributed by atoms with Crippen molar-refractivity contribution in [3.63, 3.8) is 0 Å². The molecule has 0 saturated carbocycles. The maximum absolute atomic E-state index is 11.5. The van der Waals surface area contributed by atoms with Crippen LogP contribution in [-0.4, -0.2) is 46.7 Å². The molecule has 106 valence electrons. The molecule has 0 spiro atoms. The van der Waals surface area contributed by atoms with Gasteiger partial charge in [0.2, 0.25) is 5.91 Å². The third-order valence-electron chi connectivity index (χ3n) is 3.59. The summed E-state index contributed by atoms with van der Waals surface area (Å²) < 4.78 is 0. The standard InChI is InChI=1S/C13H23N5O/c14-6-4-13(19)15-9-12-3-1-2-8-18(12)10-11-5-7-16-17-11/h5,7,12H,1-4,6,8-10,14H2,(H,15,19)(H,16,17)/t12-/m1/s1. The van der Waals surface area contributed by atoms with Gasteiger partial charge in [0.1, 0.15) is 0 Å². The topological polar surface area (TPSA) is 87.0 Å². The molecular formula is C13H23N5O. The van der Waals surface area contributed by atoms with Gasteiger partial charge in [-0.3, -0.25) is 14.8 Å². The summed E-state index contributed by atoms with van der Waals surface area (Å²) in [5.74, 6) is 0.0505. The van der Waals surface area contributed by atoms with E-state index in [1.54, 1.807) is 6.20 Å². The first-order valence-electron chi connectivity index (χ1n) is 6.98. The zero-order valence-electron chi connectivity index (χ0n) is 11.3. The van der Waals surface area contributed by atoms with Gasteiger partial charge in [-0.15, -0.1) is 0 Å². The van der Waals surface area contributed by atoms with Gasteiger partial charge in [0.15, 0.2) is 0 Å². The second-order valence-corrected chi connectivity index (χ2v) is 5.04. The van der Waals surface area contributed by atoms with E-state index in [0.29, 0.717) is 25.6 Å². The average molecular weight is 265 g/mol. The van der Waals surface area contributed by atoms with Crippen molar-refractivity contribution in [1.29, 1.82) is 0 Å². The molecule has 1 aromatic heterocycles. The quantitative estimate of drug-likeness (QED) is 0.687. The van der Waals surface area contributed by atoms with Crippen molar-refractivity contribution in [3.05, 3.63) is 18.0 Å². The molecule has 0 bridgehead atoms. The summed E-state index contributed by atoms with van der Waals surface area (Å²) in [6.07, 6.45) is 5.78. The molecule has 2 rings (SSSR count). The van der Waals surface area contributed by atoms with Crippen LogP contribution in [0.5, 0.6) is 0 Å². The summed E-state index contributed by atoms with van der Waals surface area (Å²) in [7, 11) is 0. The number of likely N-dealkylation sites (tertiary alicyclic amines) is 1. The molecule has 1 aliphatic heterocycles. The van der Waals surface area contributed by atoms with Crippen LogP contribution in [-0.2, 0) is 11.3 Å². The van der Waals surface area contributed by atoms with Crippen molar-refractivity contribution >= 4 is 5.91 Å². The lowest BCUT2D eigenvalue weighted by atomic mass is 10.0. The predicted octanol–water partition coefficient (Wildman–Crippen LogP) is 0.229. The summed E-state index contributed by atoms with van der Waals surface area (Å²) in [6.45, 7) is 3.08. The van der Waals surface area contributed by atoms with E-state index in [9.17, 15) is 4.79 Å². The van der Waals surface area contributed by atoms with E-state index in [-0.39, 0.29) is 5.91 Å². The Hall–Kier alpha value is -1.40. The molecule has 1 atom stereocenters. The van der Waals surface area contributed by atoms with Gasteiger partial charge in [-0.25, -0.2) is 0 Å². The van der Waals surface area contributed by atoms with E-state index in [1.165, 1.54) is 12.8 Å². The Labute approximate surface area is 113 Å². The number of piperidine rings is 1. The van der Waals surface area contributed by atoms with E-state index < -0.39 is 0 Å². The fraction of sp³-hybridized carbons (Fsp3) is 0.692. The Bertz CT molecular complexity index is 378. The van der Waals surface area contributed by atoms with E-state index in [2.05, 4.69) is 20.4 Å². The number of hydrogen-bond acceptors (Lipinski definition) is 4. The van der Waals surface area contributed by atoms with E-state index in [0.717, 1.165) is 25.2 Å². The molecule has 1 amide bonds. The molecular weight excluding hydrogens is 242 g/mol. The summed E-state index contributed by atoms with van der Waals surface area (Å²) in [5, 5.41) is 9.95. The smallest absolute Gasteiger partial charge is 0.221 e. The van der Waals surface area contributed by atoms with Crippen LogP contribution < -0.4 is 11.1 Å². The summed E-state index contributed by atoms with van der Waals surface area (Å²) in [6, 6.07) is 2.41. The van der Waals surface area contributed by atoms with Crippen molar-refractivity contribution in [3.8, 4) is 0 Å². The number of nitrogens with zero attached hydrogens (tertiary/aromatic N) is 2. The molecule has 1 aliphatic rings. The van der Waals surface area contributed by atoms with Crippen LogP contribution in [0.3, 0.4) is 0 Å². The minimum absolute atomic E-state index is 0.0505. The number of rotatable bonds is 6. The highest BCUT2D eigenvalue weighted by atomic mass is 16.1. The van der Waals surface area contributed by atoms with Crippen LogP contribution in [0.2, 0.25) is 0 Å². The Morgan fingerprint density at radius 2 is 2.47 bits per heavy atom. The molecule has 0 unspecified atom stereocenters. The molecule has 0 aromatic carbocycles. The maximum Gasteiger partial charge on any atom is 0.221 e. The fourth-order valence-corrected chi connectivity index (χ4v) is 2.54. The van der Waals surface area contributed by atoms with Gasteiger partial charge >= 0.3 is 0 Å². The molecule has 0 aliphatic carbocycles. The van der Waals surface area contributed by atoms with E-state index >= 15 is 0 Å². The Kier molecular flexibility index (Phi) is 5.35. The summed E-state index contributed by atoms with van der Waals surface area (Å²) >= 11 is 0. The fourth-order valence-electron chi connectivity index (χ4n) is 2.54. The average Bonchev–Trinajstić information content (AvgIpc) is 2.91. The van der Waals surface area contributed by atoms with E-state index in [4.69, 9.17) is 5.73 Å². The summed E-state index contributed by atoms with van der Waals surface area (Å²) in [4.78, 5) is 13.9. The molecule has 6 nitrogen and oxygen atoms in total. The Morgan fingerprint density at radius 1 is 1.58 bits per heavy atom. The van der Waals surface area contributed by atoms with Gasteiger partial charge < -0.3 is 11.1 Å². The van der Waals surface area contributed by atoms with Crippen LogP contribution in [0.1, 0.15) is 31.4 Å². The maximum atomic E-state index is 11.5. The Morgan fingerprint density at radius 3 is 3.21 bits per heavy atom. The highest BCUT2D eigenvalue weighted by Gasteiger charge is 2.23. The molecule has 19 heavy (non-hydrogen) atoms. The van der Waals surface area contributed by atoms with Gasteiger partial charge in [-0.05, 0) is 25.5 Å². The lowest BCUT2D eigenvalue weighted by Crippen LogP contribution is -2.46. The van der Waals surface area contributed by atoms with Crippen molar-refractivity contribution in [2.45, 2.75) is 38.3 Å². The Balaban J connectivity index is 1.83. The van der Waals surface area contributed by atoms with Gasteiger partial charge in [0.05, 0.1) is 0 Å².